The number of rotatable bonds is 7. The molecule has 4 rings (SSSR count). The zero-order valence-corrected chi connectivity index (χ0v) is 17.7. The topological polar surface area (TPSA) is 122 Å². The molecular weight excluding hydrogens is 424 g/mol. The number of carbonyl (C=O) groups is 1. The van der Waals surface area contributed by atoms with Crippen LogP contribution in [-0.2, 0) is 23.0 Å². The van der Waals surface area contributed by atoms with Crippen LogP contribution in [0.3, 0.4) is 0 Å². The normalized spacial score (nSPS) is 12.7. The maximum Gasteiger partial charge on any atom is 0.283 e. The highest BCUT2D eigenvalue weighted by molar-refractivity contribution is 7.90. The lowest BCUT2D eigenvalue weighted by Crippen LogP contribution is -2.32. The van der Waals surface area contributed by atoms with E-state index in [-0.39, 0.29) is 28.0 Å². The Hall–Kier alpha value is -3.60. The second-order valence-electron chi connectivity index (χ2n) is 6.69. The number of ether oxygens (including phenoxy) is 3. The molecule has 0 unspecified atom stereocenters. The number of aromatic nitrogens is 3. The second kappa shape index (κ2) is 8.26. The molecule has 11 heteroatoms. The van der Waals surface area contributed by atoms with Gasteiger partial charge in [0.05, 0.1) is 27.4 Å². The average molecular weight is 444 g/mol. The van der Waals surface area contributed by atoms with Crippen molar-refractivity contribution < 1.29 is 27.4 Å². The lowest BCUT2D eigenvalue weighted by molar-refractivity contribution is 0.0975. The van der Waals surface area contributed by atoms with Gasteiger partial charge in [0.1, 0.15) is 17.2 Å². The van der Waals surface area contributed by atoms with Gasteiger partial charge in [-0.25, -0.2) is 18.1 Å². The molecule has 0 atom stereocenters. The van der Waals surface area contributed by atoms with Crippen molar-refractivity contribution in [3.63, 3.8) is 0 Å². The molecule has 1 aliphatic rings. The van der Waals surface area contributed by atoms with Crippen LogP contribution in [0, 0.1) is 0 Å². The third-order valence-corrected chi connectivity index (χ3v) is 6.13. The lowest BCUT2D eigenvalue weighted by Gasteiger charge is -2.14. The molecule has 3 heterocycles. The van der Waals surface area contributed by atoms with E-state index in [1.54, 1.807) is 35.3 Å². The molecule has 162 valence electrons. The zero-order chi connectivity index (χ0) is 22.0. The van der Waals surface area contributed by atoms with Crippen molar-refractivity contribution >= 4 is 15.9 Å². The van der Waals surface area contributed by atoms with Crippen LogP contribution in [0.4, 0.5) is 0 Å². The number of nitrogens with one attached hydrogen (secondary N) is 1. The summed E-state index contributed by atoms with van der Waals surface area (Å²) in [6, 6.07) is 8.13. The quantitative estimate of drug-likeness (QED) is 0.580. The first-order valence-corrected chi connectivity index (χ1v) is 10.8. The molecular formula is C20H20N4O6S. The second-order valence-corrected chi connectivity index (χ2v) is 8.31. The van der Waals surface area contributed by atoms with E-state index in [0.29, 0.717) is 25.1 Å². The summed E-state index contributed by atoms with van der Waals surface area (Å²) >= 11 is 0. The number of fused-ring (bicyclic) bond motifs is 1. The van der Waals surface area contributed by atoms with Crippen molar-refractivity contribution in [1.29, 1.82) is 0 Å². The Kier molecular flexibility index (Phi) is 5.51. The van der Waals surface area contributed by atoms with E-state index < -0.39 is 15.9 Å². The average Bonchev–Trinajstić information content (AvgIpc) is 3.44. The molecule has 0 spiro atoms. The van der Waals surface area contributed by atoms with E-state index in [0.717, 1.165) is 5.56 Å². The fourth-order valence-electron chi connectivity index (χ4n) is 3.31. The number of methoxy groups -OCH3 is 2. The summed E-state index contributed by atoms with van der Waals surface area (Å²) in [4.78, 5) is 16.7. The minimum absolute atomic E-state index is 0.0843. The monoisotopic (exact) mass is 444 g/mol. The first kappa shape index (κ1) is 20.7. The molecule has 1 amide bonds. The maximum absolute atomic E-state index is 13.0. The summed E-state index contributed by atoms with van der Waals surface area (Å²) in [5, 5.41) is 4.12. The van der Waals surface area contributed by atoms with Crippen LogP contribution in [0.15, 0.2) is 47.6 Å². The highest BCUT2D eigenvalue weighted by atomic mass is 32.2. The summed E-state index contributed by atoms with van der Waals surface area (Å²) < 4.78 is 45.7. The molecule has 3 aromatic rings. The Balaban J connectivity index is 1.62. The van der Waals surface area contributed by atoms with Crippen molar-refractivity contribution in [1.82, 2.24) is 19.5 Å². The first-order chi connectivity index (χ1) is 14.9. The van der Waals surface area contributed by atoms with E-state index >= 15 is 0 Å². The Labute approximate surface area is 178 Å². The Morgan fingerprint density at radius 2 is 2.06 bits per heavy atom. The number of sulfonamides is 1. The highest BCUT2D eigenvalue weighted by Crippen LogP contribution is 2.39. The molecule has 10 nitrogen and oxygen atoms in total. The number of hydrogen-bond donors (Lipinski definition) is 1. The summed E-state index contributed by atoms with van der Waals surface area (Å²) in [5.74, 6) is -0.426. The van der Waals surface area contributed by atoms with Crippen LogP contribution in [0.2, 0.25) is 0 Å². The van der Waals surface area contributed by atoms with Gasteiger partial charge < -0.3 is 14.2 Å². The van der Waals surface area contributed by atoms with Crippen LogP contribution < -0.4 is 18.9 Å². The fraction of sp³-hybridized carbons (Fsp3) is 0.250. The minimum atomic E-state index is -4.29. The molecule has 0 bridgehead atoms. The molecule has 2 aromatic heterocycles. The number of carbonyl (C=O) groups excluding carboxylic acids is 1. The summed E-state index contributed by atoms with van der Waals surface area (Å²) in [6.07, 6.45) is 4.00. The number of hydrogen-bond acceptors (Lipinski definition) is 8. The molecule has 0 saturated heterocycles. The summed E-state index contributed by atoms with van der Waals surface area (Å²) in [5.41, 5.74) is 1.30. The largest absolute Gasteiger partial charge is 0.495 e. The standard InChI is InChI=1S/C20H20N4O6S/c1-28-16-7-5-13-8-11-30-17(13)18(16)31(26,27)23-19(25)15-6-4-14(20(22-15)29-2)12-24-10-3-9-21-24/h3-7,9-10H,8,11-12H2,1-2H3,(H,23,25). The first-order valence-electron chi connectivity index (χ1n) is 9.34. The Morgan fingerprint density at radius 1 is 1.23 bits per heavy atom. The van der Waals surface area contributed by atoms with Crippen LogP contribution in [0.5, 0.6) is 17.4 Å². The van der Waals surface area contributed by atoms with Crippen molar-refractivity contribution in [2.75, 3.05) is 20.8 Å². The molecule has 1 N–H and O–H groups in total. The predicted octanol–water partition coefficient (Wildman–Crippen LogP) is 1.40. The van der Waals surface area contributed by atoms with Crippen LogP contribution in [0.1, 0.15) is 21.6 Å². The summed E-state index contributed by atoms with van der Waals surface area (Å²) in [6.45, 7) is 0.740. The molecule has 0 radical (unpaired) electrons. The van der Waals surface area contributed by atoms with Crippen molar-refractivity contribution in [3.8, 4) is 17.4 Å². The minimum Gasteiger partial charge on any atom is -0.495 e. The van der Waals surface area contributed by atoms with E-state index in [2.05, 4.69) is 10.1 Å². The Bertz CT molecular complexity index is 1220. The molecule has 1 aromatic carbocycles. The van der Waals surface area contributed by atoms with Crippen LogP contribution >= 0.6 is 0 Å². The number of nitrogens with zero attached hydrogens (tertiary/aromatic N) is 3. The lowest BCUT2D eigenvalue weighted by atomic mass is 10.2. The van der Waals surface area contributed by atoms with Gasteiger partial charge in [-0.2, -0.15) is 5.10 Å². The van der Waals surface area contributed by atoms with Gasteiger partial charge in [-0.05, 0) is 29.8 Å². The molecule has 1 aliphatic heterocycles. The van der Waals surface area contributed by atoms with Gasteiger partial charge in [0.25, 0.3) is 15.9 Å². The summed E-state index contributed by atoms with van der Waals surface area (Å²) in [7, 11) is -1.52. The van der Waals surface area contributed by atoms with Crippen molar-refractivity contribution in [2.24, 2.45) is 0 Å². The van der Waals surface area contributed by atoms with Gasteiger partial charge in [-0.15, -0.1) is 0 Å². The SMILES string of the molecule is COc1ccc2c(c1S(=O)(=O)NC(=O)c1ccc(Cn3cccn3)c(OC)n1)OCC2. The van der Waals surface area contributed by atoms with E-state index in [1.165, 1.54) is 26.4 Å². The third-order valence-electron chi connectivity index (χ3n) is 4.75. The van der Waals surface area contributed by atoms with Crippen molar-refractivity contribution in [3.05, 3.63) is 59.5 Å². The van der Waals surface area contributed by atoms with Gasteiger partial charge >= 0.3 is 0 Å². The molecule has 0 fully saturated rings. The number of pyridine rings is 1. The number of amides is 1. The fourth-order valence-corrected chi connectivity index (χ4v) is 4.61. The van der Waals surface area contributed by atoms with Gasteiger partial charge in [-0.1, -0.05) is 6.07 Å². The van der Waals surface area contributed by atoms with E-state index in [1.807, 2.05) is 4.72 Å². The van der Waals surface area contributed by atoms with E-state index in [9.17, 15) is 13.2 Å². The zero-order valence-electron chi connectivity index (χ0n) is 16.9. The molecule has 0 aliphatic carbocycles. The van der Waals surface area contributed by atoms with Crippen molar-refractivity contribution in [2.45, 2.75) is 17.9 Å². The van der Waals surface area contributed by atoms with Gasteiger partial charge in [0.2, 0.25) is 5.88 Å². The molecule has 31 heavy (non-hydrogen) atoms. The van der Waals surface area contributed by atoms with Gasteiger partial charge in [0.15, 0.2) is 4.90 Å². The van der Waals surface area contributed by atoms with Gasteiger partial charge in [-0.3, -0.25) is 9.48 Å². The Morgan fingerprint density at radius 3 is 2.77 bits per heavy atom. The molecule has 0 saturated carbocycles. The van der Waals surface area contributed by atoms with Crippen LogP contribution in [-0.4, -0.2) is 49.9 Å². The highest BCUT2D eigenvalue weighted by Gasteiger charge is 2.31. The van der Waals surface area contributed by atoms with E-state index in [4.69, 9.17) is 14.2 Å². The number of benzene rings is 1. The van der Waals surface area contributed by atoms with Gasteiger partial charge in [0, 0.05) is 24.4 Å². The predicted molar refractivity (Wildman–Crippen MR) is 109 cm³/mol. The third kappa shape index (κ3) is 4.04. The van der Waals surface area contributed by atoms with Crippen LogP contribution in [0.25, 0.3) is 0 Å². The maximum atomic E-state index is 13.0. The smallest absolute Gasteiger partial charge is 0.283 e.